The number of carbonyl (C=O) groups is 1. The van der Waals surface area contributed by atoms with Gasteiger partial charge in [0, 0.05) is 23.7 Å². The van der Waals surface area contributed by atoms with Crippen LogP contribution in [0.15, 0.2) is 36.4 Å². The first-order valence-electron chi connectivity index (χ1n) is 11.8. The fraction of sp³-hybridized carbons (Fsp3) is 0.519. The summed E-state index contributed by atoms with van der Waals surface area (Å²) in [5.41, 5.74) is 5.04. The Balaban J connectivity index is 1.38. The van der Waals surface area contributed by atoms with Crippen LogP contribution in [0.25, 0.3) is 0 Å². The predicted octanol–water partition coefficient (Wildman–Crippen LogP) is 5.42. The highest BCUT2D eigenvalue weighted by molar-refractivity contribution is 5.94. The Morgan fingerprint density at radius 2 is 1.90 bits per heavy atom. The summed E-state index contributed by atoms with van der Waals surface area (Å²) in [6.07, 6.45) is 10.6. The van der Waals surface area contributed by atoms with Gasteiger partial charge in [-0.05, 0) is 84.7 Å². The third-order valence-corrected chi connectivity index (χ3v) is 8.19. The van der Waals surface area contributed by atoms with Gasteiger partial charge in [-0.15, -0.1) is 0 Å². The lowest BCUT2D eigenvalue weighted by Crippen LogP contribution is -2.49. The fourth-order valence-electron chi connectivity index (χ4n) is 6.78. The van der Waals surface area contributed by atoms with Gasteiger partial charge in [-0.2, -0.15) is 0 Å². The number of hydrogen-bond acceptors (Lipinski definition) is 3. The SMILES string of the molecule is COc1ccc(CNC(=O)c2ccc3c(c2)[C@]24CCCCC2[C@@H](CCC4)C3)c(OC)c1. The molecule has 0 aromatic heterocycles. The Hall–Kier alpha value is -2.49. The molecule has 164 valence electrons. The molecular weight excluding hydrogens is 386 g/mol. The zero-order chi connectivity index (χ0) is 21.4. The molecule has 3 aliphatic rings. The Kier molecular flexibility index (Phi) is 5.41. The minimum Gasteiger partial charge on any atom is -0.497 e. The smallest absolute Gasteiger partial charge is 0.251 e. The van der Waals surface area contributed by atoms with Crippen molar-refractivity contribution in [2.24, 2.45) is 11.8 Å². The second kappa shape index (κ2) is 8.22. The van der Waals surface area contributed by atoms with Crippen LogP contribution < -0.4 is 14.8 Å². The second-order valence-corrected chi connectivity index (χ2v) is 9.60. The summed E-state index contributed by atoms with van der Waals surface area (Å²) in [6, 6.07) is 12.2. The molecule has 1 unspecified atom stereocenters. The van der Waals surface area contributed by atoms with Crippen LogP contribution in [0.4, 0.5) is 0 Å². The molecule has 2 fully saturated rings. The number of nitrogens with one attached hydrogen (secondary N) is 1. The number of carbonyl (C=O) groups excluding carboxylic acids is 1. The van der Waals surface area contributed by atoms with Gasteiger partial charge in [0.2, 0.25) is 0 Å². The maximum Gasteiger partial charge on any atom is 0.251 e. The third-order valence-electron chi connectivity index (χ3n) is 8.19. The largest absolute Gasteiger partial charge is 0.497 e. The lowest BCUT2D eigenvalue weighted by Gasteiger charge is -2.55. The molecule has 0 radical (unpaired) electrons. The van der Waals surface area contributed by atoms with Gasteiger partial charge in [0.05, 0.1) is 14.2 Å². The highest BCUT2D eigenvalue weighted by Gasteiger charge is 2.51. The highest BCUT2D eigenvalue weighted by atomic mass is 16.5. The van der Waals surface area contributed by atoms with Crippen molar-refractivity contribution < 1.29 is 14.3 Å². The summed E-state index contributed by atoms with van der Waals surface area (Å²) < 4.78 is 10.7. The zero-order valence-corrected chi connectivity index (χ0v) is 18.7. The molecule has 2 saturated carbocycles. The van der Waals surface area contributed by atoms with Gasteiger partial charge >= 0.3 is 0 Å². The molecule has 1 N–H and O–H groups in total. The van der Waals surface area contributed by atoms with Crippen molar-refractivity contribution in [3.8, 4) is 11.5 Å². The molecule has 0 spiro atoms. The molecule has 4 heteroatoms. The van der Waals surface area contributed by atoms with Crippen molar-refractivity contribution in [2.75, 3.05) is 14.2 Å². The van der Waals surface area contributed by atoms with E-state index in [0.29, 0.717) is 12.0 Å². The van der Waals surface area contributed by atoms with E-state index < -0.39 is 0 Å². The Morgan fingerprint density at radius 1 is 1.03 bits per heavy atom. The third kappa shape index (κ3) is 3.50. The molecule has 1 amide bonds. The first-order valence-corrected chi connectivity index (χ1v) is 11.8. The molecule has 5 rings (SSSR count). The quantitative estimate of drug-likeness (QED) is 0.704. The van der Waals surface area contributed by atoms with Crippen LogP contribution >= 0.6 is 0 Å². The standard InChI is InChI=1S/C27H33NO3/c1-30-22-11-10-21(25(16-22)31-2)17-28-26(29)20-9-8-19-14-18-6-5-13-27(24(19)15-20)12-4-3-7-23(18)27/h8-11,15-16,18,23H,3-7,12-14,17H2,1-2H3,(H,28,29)/t18-,23?,27-/m0/s1. The van der Waals surface area contributed by atoms with Crippen molar-refractivity contribution in [3.05, 3.63) is 58.7 Å². The summed E-state index contributed by atoms with van der Waals surface area (Å²) >= 11 is 0. The average Bonchev–Trinajstić information content (AvgIpc) is 2.82. The molecule has 3 atom stereocenters. The summed E-state index contributed by atoms with van der Waals surface area (Å²) in [4.78, 5) is 13.1. The molecule has 3 aliphatic carbocycles. The molecule has 0 heterocycles. The molecule has 2 aromatic carbocycles. The highest BCUT2D eigenvalue weighted by Crippen LogP contribution is 2.58. The summed E-state index contributed by atoms with van der Waals surface area (Å²) in [5, 5.41) is 3.10. The van der Waals surface area contributed by atoms with Crippen molar-refractivity contribution in [1.29, 1.82) is 0 Å². The molecule has 2 bridgehead atoms. The predicted molar refractivity (Wildman–Crippen MR) is 122 cm³/mol. The normalized spacial score (nSPS) is 26.4. The lowest BCUT2D eigenvalue weighted by atomic mass is 9.49. The van der Waals surface area contributed by atoms with Gasteiger partial charge < -0.3 is 14.8 Å². The van der Waals surface area contributed by atoms with Gasteiger partial charge in [0.25, 0.3) is 5.91 Å². The molecular formula is C27H33NO3. The van der Waals surface area contributed by atoms with Crippen LogP contribution in [-0.2, 0) is 18.4 Å². The van der Waals surface area contributed by atoms with Crippen molar-refractivity contribution in [1.82, 2.24) is 5.32 Å². The summed E-state index contributed by atoms with van der Waals surface area (Å²) in [6.45, 7) is 0.429. The van der Waals surface area contributed by atoms with E-state index in [4.69, 9.17) is 9.47 Å². The number of rotatable bonds is 5. The number of hydrogen-bond donors (Lipinski definition) is 1. The van der Waals surface area contributed by atoms with E-state index in [-0.39, 0.29) is 5.91 Å². The van der Waals surface area contributed by atoms with E-state index >= 15 is 0 Å². The van der Waals surface area contributed by atoms with E-state index in [1.807, 2.05) is 24.3 Å². The second-order valence-electron chi connectivity index (χ2n) is 9.60. The number of benzene rings is 2. The van der Waals surface area contributed by atoms with Gasteiger partial charge in [-0.3, -0.25) is 4.79 Å². The van der Waals surface area contributed by atoms with E-state index in [2.05, 4.69) is 17.4 Å². The van der Waals surface area contributed by atoms with Gasteiger partial charge in [0.1, 0.15) is 11.5 Å². The molecule has 0 aliphatic heterocycles. The molecule has 0 saturated heterocycles. The van der Waals surface area contributed by atoms with Gasteiger partial charge in [-0.1, -0.05) is 25.3 Å². The lowest BCUT2D eigenvalue weighted by molar-refractivity contribution is 0.0522. The van der Waals surface area contributed by atoms with Crippen LogP contribution in [0.1, 0.15) is 72.0 Å². The van der Waals surface area contributed by atoms with Crippen molar-refractivity contribution in [2.45, 2.75) is 63.3 Å². The molecule has 2 aromatic rings. The van der Waals surface area contributed by atoms with E-state index in [1.54, 1.807) is 14.2 Å². The molecule has 4 nitrogen and oxygen atoms in total. The maximum atomic E-state index is 13.1. The first kappa shape index (κ1) is 20.4. The number of fused-ring (bicyclic) bond motifs is 1. The first-order chi connectivity index (χ1) is 15.1. The zero-order valence-electron chi connectivity index (χ0n) is 18.7. The monoisotopic (exact) mass is 419 g/mol. The Labute approximate surface area is 185 Å². The van der Waals surface area contributed by atoms with E-state index in [9.17, 15) is 4.79 Å². The van der Waals surface area contributed by atoms with Gasteiger partial charge in [0.15, 0.2) is 0 Å². The fourth-order valence-corrected chi connectivity index (χ4v) is 6.78. The van der Waals surface area contributed by atoms with E-state index in [0.717, 1.165) is 34.5 Å². The maximum absolute atomic E-state index is 13.1. The van der Waals surface area contributed by atoms with Gasteiger partial charge in [-0.25, -0.2) is 0 Å². The Bertz CT molecular complexity index is 980. The number of ether oxygens (including phenoxy) is 2. The summed E-state index contributed by atoms with van der Waals surface area (Å²) in [5.74, 6) is 3.13. The average molecular weight is 420 g/mol. The van der Waals surface area contributed by atoms with E-state index in [1.165, 1.54) is 62.5 Å². The number of amides is 1. The number of methoxy groups -OCH3 is 2. The minimum atomic E-state index is -0.0117. The molecule has 31 heavy (non-hydrogen) atoms. The van der Waals surface area contributed by atoms with Crippen LogP contribution in [0.2, 0.25) is 0 Å². The van der Waals surface area contributed by atoms with Crippen molar-refractivity contribution >= 4 is 5.91 Å². The minimum absolute atomic E-state index is 0.0117. The Morgan fingerprint density at radius 3 is 2.74 bits per heavy atom. The summed E-state index contributed by atoms with van der Waals surface area (Å²) in [7, 11) is 3.28. The van der Waals surface area contributed by atoms with Crippen LogP contribution in [0, 0.1) is 11.8 Å². The van der Waals surface area contributed by atoms with Crippen LogP contribution in [0.5, 0.6) is 11.5 Å². The topological polar surface area (TPSA) is 47.6 Å². The van der Waals surface area contributed by atoms with Crippen LogP contribution in [-0.4, -0.2) is 20.1 Å². The van der Waals surface area contributed by atoms with Crippen LogP contribution in [0.3, 0.4) is 0 Å². The van der Waals surface area contributed by atoms with Crippen molar-refractivity contribution in [3.63, 3.8) is 0 Å².